The molecule has 1 fully saturated rings. The van der Waals surface area contributed by atoms with Gasteiger partial charge >= 0.3 is 5.97 Å². The first-order valence-corrected chi connectivity index (χ1v) is 11.3. The van der Waals surface area contributed by atoms with Gasteiger partial charge in [-0.1, -0.05) is 33.8 Å². The first-order chi connectivity index (χ1) is 14.5. The lowest BCUT2D eigenvalue weighted by molar-refractivity contribution is -0.311. The molecule has 1 saturated heterocycles. The molecule has 2 rings (SSSR count). The van der Waals surface area contributed by atoms with E-state index in [4.69, 9.17) is 14.2 Å². The lowest BCUT2D eigenvalue weighted by Gasteiger charge is -2.42. The van der Waals surface area contributed by atoms with Gasteiger partial charge in [-0.2, -0.15) is 0 Å². The lowest BCUT2D eigenvalue weighted by atomic mass is 9.84. The average Bonchev–Trinajstić information content (AvgIpc) is 2.73. The van der Waals surface area contributed by atoms with E-state index in [9.17, 15) is 24.9 Å². The Balaban J connectivity index is 2.31. The molecule has 0 aromatic heterocycles. The summed E-state index contributed by atoms with van der Waals surface area (Å²) in [6, 6.07) is 0. The van der Waals surface area contributed by atoms with Gasteiger partial charge in [0.25, 0.3) is 0 Å². The van der Waals surface area contributed by atoms with Crippen molar-refractivity contribution >= 4 is 11.8 Å². The van der Waals surface area contributed by atoms with E-state index in [1.807, 2.05) is 27.7 Å². The topological polar surface area (TPSA) is 123 Å². The number of ether oxygens (including phenoxy) is 3. The zero-order chi connectivity index (χ0) is 23.5. The molecule has 0 aromatic rings. The fourth-order valence-electron chi connectivity index (χ4n) is 4.32. The minimum Gasteiger partial charge on any atom is -0.461 e. The monoisotopic (exact) mass is 442 g/mol. The van der Waals surface area contributed by atoms with Crippen LogP contribution >= 0.6 is 0 Å². The van der Waals surface area contributed by atoms with Gasteiger partial charge in [0.1, 0.15) is 24.4 Å². The van der Waals surface area contributed by atoms with Gasteiger partial charge in [0, 0.05) is 11.8 Å². The SMILES string of the molecule is CCC1OC(=O)[C@@H](C)C(O[C@@H]2O[C@@H](C)[C@H](O)[C@@H](O)[C@H]2O)[C@@H](C)C[C@@H](C)C(=O)/C=C\[C@H]1C. The highest BCUT2D eigenvalue weighted by molar-refractivity contribution is 5.91. The van der Waals surface area contributed by atoms with Crippen molar-refractivity contribution in [3.05, 3.63) is 12.2 Å². The standard InChI is InChI=1S/C23H38O8/c1-7-17-11(2)8-9-16(24)12(3)10-13(4)21(14(5)22(28)30-17)31-23-20(27)19(26)18(25)15(6)29-23/h8-9,11-15,17-21,23,25-27H,7,10H2,1-6H3/b9-8-/t11-,12-,13+,14+,15+,17?,18+,19-,20-,21?,23+/m1/s1. The molecule has 8 nitrogen and oxygen atoms in total. The van der Waals surface area contributed by atoms with Crippen LogP contribution in [0.2, 0.25) is 0 Å². The zero-order valence-electron chi connectivity index (χ0n) is 19.3. The summed E-state index contributed by atoms with van der Waals surface area (Å²) < 4.78 is 17.4. The van der Waals surface area contributed by atoms with Crippen molar-refractivity contribution in [1.82, 2.24) is 0 Å². The molecule has 2 aliphatic rings. The molecular weight excluding hydrogens is 404 g/mol. The van der Waals surface area contributed by atoms with E-state index < -0.39 is 48.7 Å². The Morgan fingerprint density at radius 1 is 1.03 bits per heavy atom. The smallest absolute Gasteiger partial charge is 0.311 e. The van der Waals surface area contributed by atoms with Crippen LogP contribution in [0.3, 0.4) is 0 Å². The Labute approximate surface area is 184 Å². The molecule has 2 unspecified atom stereocenters. The molecule has 3 N–H and O–H groups in total. The van der Waals surface area contributed by atoms with Crippen molar-refractivity contribution in [2.24, 2.45) is 23.7 Å². The van der Waals surface area contributed by atoms with Crippen LogP contribution in [0.5, 0.6) is 0 Å². The van der Waals surface area contributed by atoms with Crippen molar-refractivity contribution in [1.29, 1.82) is 0 Å². The molecule has 178 valence electrons. The van der Waals surface area contributed by atoms with Crippen LogP contribution in [0.15, 0.2) is 12.2 Å². The molecule has 0 amide bonds. The summed E-state index contributed by atoms with van der Waals surface area (Å²) in [6.45, 7) is 10.8. The van der Waals surface area contributed by atoms with Crippen LogP contribution in [0.4, 0.5) is 0 Å². The normalized spacial score (nSPS) is 46.5. The number of carbonyl (C=O) groups excluding carboxylic acids is 2. The lowest BCUT2D eigenvalue weighted by Crippen LogP contribution is -2.58. The summed E-state index contributed by atoms with van der Waals surface area (Å²) in [5, 5.41) is 30.4. The van der Waals surface area contributed by atoms with E-state index in [1.54, 1.807) is 26.0 Å². The van der Waals surface area contributed by atoms with Crippen molar-refractivity contribution in [3.63, 3.8) is 0 Å². The highest BCUT2D eigenvalue weighted by Crippen LogP contribution is 2.31. The van der Waals surface area contributed by atoms with Crippen LogP contribution in [-0.4, -0.2) is 70.0 Å². The average molecular weight is 443 g/mol. The van der Waals surface area contributed by atoms with Gasteiger partial charge in [0.2, 0.25) is 0 Å². The molecule has 0 spiro atoms. The van der Waals surface area contributed by atoms with E-state index in [1.165, 1.54) is 0 Å². The molecule has 2 heterocycles. The van der Waals surface area contributed by atoms with Gasteiger partial charge in [-0.05, 0) is 38.7 Å². The second-order valence-electron chi connectivity index (χ2n) is 9.19. The quantitative estimate of drug-likeness (QED) is 0.563. The molecule has 8 heteroatoms. The highest BCUT2D eigenvalue weighted by Gasteiger charge is 2.45. The van der Waals surface area contributed by atoms with Gasteiger partial charge in [-0.15, -0.1) is 0 Å². The molecular formula is C23H38O8. The molecule has 0 aromatic carbocycles. The number of rotatable bonds is 3. The molecule has 31 heavy (non-hydrogen) atoms. The van der Waals surface area contributed by atoms with Crippen LogP contribution in [-0.2, 0) is 23.8 Å². The third kappa shape index (κ3) is 6.14. The summed E-state index contributed by atoms with van der Waals surface area (Å²) in [4.78, 5) is 25.5. The molecule has 0 radical (unpaired) electrons. The van der Waals surface area contributed by atoms with Gasteiger partial charge in [-0.3, -0.25) is 9.59 Å². The third-order valence-corrected chi connectivity index (χ3v) is 6.56. The number of allylic oxidation sites excluding steroid dienone is 1. The fourth-order valence-corrected chi connectivity index (χ4v) is 4.32. The number of hydrogen-bond donors (Lipinski definition) is 3. The first kappa shape index (κ1) is 25.9. The third-order valence-electron chi connectivity index (χ3n) is 6.56. The Morgan fingerprint density at radius 2 is 1.68 bits per heavy atom. The second kappa shape index (κ2) is 11.0. The van der Waals surface area contributed by atoms with Crippen LogP contribution < -0.4 is 0 Å². The van der Waals surface area contributed by atoms with E-state index in [2.05, 4.69) is 0 Å². The van der Waals surface area contributed by atoms with E-state index in [0.29, 0.717) is 12.8 Å². The van der Waals surface area contributed by atoms with Crippen molar-refractivity contribution in [3.8, 4) is 0 Å². The Kier molecular flexibility index (Phi) is 9.21. The maximum absolute atomic E-state index is 13.0. The van der Waals surface area contributed by atoms with Crippen molar-refractivity contribution in [2.75, 3.05) is 0 Å². The number of aliphatic hydroxyl groups is 3. The first-order valence-electron chi connectivity index (χ1n) is 11.3. The largest absolute Gasteiger partial charge is 0.461 e. The Bertz CT molecular complexity index is 649. The van der Waals surface area contributed by atoms with E-state index >= 15 is 0 Å². The van der Waals surface area contributed by atoms with E-state index in [-0.39, 0.29) is 29.6 Å². The number of ketones is 1. The summed E-state index contributed by atoms with van der Waals surface area (Å²) in [5.41, 5.74) is 0. The Morgan fingerprint density at radius 3 is 2.29 bits per heavy atom. The van der Waals surface area contributed by atoms with E-state index in [0.717, 1.165) is 0 Å². The molecule has 11 atom stereocenters. The molecule has 0 bridgehead atoms. The van der Waals surface area contributed by atoms with Gasteiger partial charge in [0.05, 0.1) is 18.1 Å². The Hall–Kier alpha value is -1.32. The van der Waals surface area contributed by atoms with Crippen molar-refractivity contribution < 1.29 is 39.1 Å². The minimum absolute atomic E-state index is 0.00651. The maximum Gasteiger partial charge on any atom is 0.311 e. The summed E-state index contributed by atoms with van der Waals surface area (Å²) in [7, 11) is 0. The highest BCUT2D eigenvalue weighted by atomic mass is 16.7. The summed E-state index contributed by atoms with van der Waals surface area (Å²) >= 11 is 0. The van der Waals surface area contributed by atoms with Crippen LogP contribution in [0.25, 0.3) is 0 Å². The number of aliphatic hydroxyl groups excluding tert-OH is 3. The number of cyclic esters (lactones) is 1. The predicted octanol–water partition coefficient (Wildman–Crippen LogP) is 1.59. The number of hydrogen-bond acceptors (Lipinski definition) is 8. The number of esters is 1. The minimum atomic E-state index is -1.48. The number of carbonyl (C=O) groups is 2. The zero-order valence-corrected chi connectivity index (χ0v) is 19.3. The summed E-state index contributed by atoms with van der Waals surface area (Å²) in [5.74, 6) is -1.78. The van der Waals surface area contributed by atoms with Crippen molar-refractivity contribution in [2.45, 2.75) is 97.3 Å². The van der Waals surface area contributed by atoms with Gasteiger partial charge < -0.3 is 29.5 Å². The second-order valence-corrected chi connectivity index (χ2v) is 9.19. The van der Waals surface area contributed by atoms with Crippen LogP contribution in [0.1, 0.15) is 54.4 Å². The van der Waals surface area contributed by atoms with Gasteiger partial charge in [0.15, 0.2) is 12.1 Å². The molecule has 2 aliphatic heterocycles. The van der Waals surface area contributed by atoms with Crippen LogP contribution in [0, 0.1) is 23.7 Å². The molecule has 0 saturated carbocycles. The maximum atomic E-state index is 13.0. The summed E-state index contributed by atoms with van der Waals surface area (Å²) in [6.07, 6.45) is -2.84. The molecule has 0 aliphatic carbocycles. The van der Waals surface area contributed by atoms with Gasteiger partial charge in [-0.25, -0.2) is 0 Å². The fraction of sp³-hybridized carbons (Fsp3) is 0.826. The predicted molar refractivity (Wildman–Crippen MR) is 113 cm³/mol.